The zero-order chi connectivity index (χ0) is 18.2. The first-order valence-corrected chi connectivity index (χ1v) is 9.90. The van der Waals surface area contributed by atoms with Gasteiger partial charge in [0.25, 0.3) is 5.13 Å². The Kier molecular flexibility index (Phi) is 3.98. The van der Waals surface area contributed by atoms with Gasteiger partial charge in [-0.2, -0.15) is 0 Å². The summed E-state index contributed by atoms with van der Waals surface area (Å²) >= 11 is 1.61. The molecule has 0 bridgehead atoms. The zero-order valence-electron chi connectivity index (χ0n) is 14.6. The number of aromatic nitrogens is 1. The molecule has 1 aliphatic heterocycles. The minimum Gasteiger partial charge on any atom is -0.299 e. The fraction of sp³-hybridized carbons (Fsp3) is 0.190. The Morgan fingerprint density at radius 1 is 1.11 bits per heavy atom. The molecule has 0 radical (unpaired) electrons. The van der Waals surface area contributed by atoms with Crippen LogP contribution in [0.4, 0.5) is 5.13 Å². The summed E-state index contributed by atoms with van der Waals surface area (Å²) in [4.78, 5) is 20.8. The number of hydrogen-bond donors (Lipinski definition) is 3. The molecule has 0 unspecified atom stereocenters. The lowest BCUT2D eigenvalue weighted by atomic mass is 9.81. The van der Waals surface area contributed by atoms with Crippen molar-refractivity contribution in [3.05, 3.63) is 71.9 Å². The number of thiazole rings is 1. The summed E-state index contributed by atoms with van der Waals surface area (Å²) in [5.74, 6) is 0.863. The molecule has 5 nitrogen and oxygen atoms in total. The highest BCUT2D eigenvalue weighted by molar-refractivity contribution is 7.22. The molecule has 134 valence electrons. The Balaban J connectivity index is 1.52. The van der Waals surface area contributed by atoms with Crippen LogP contribution in [0.1, 0.15) is 24.4 Å². The number of benzene rings is 2. The van der Waals surface area contributed by atoms with E-state index in [9.17, 15) is 4.79 Å². The average molecular weight is 375 g/mol. The standard InChI is InChI=1S/C21H18N4OS/c26-16-11-6-10-15-18(16)19(13-7-2-1-3-8-13)24-20(22-15)25-21-23-14-9-4-5-12-17(14)27-21/h1-5,7-10,12,18-19H,6,11H2,(H2,22,23,24,25)/p+1/t18-,19-/m0/s1. The number of anilines is 1. The van der Waals surface area contributed by atoms with Crippen LogP contribution >= 0.6 is 11.3 Å². The van der Waals surface area contributed by atoms with Crippen molar-refractivity contribution in [1.29, 1.82) is 0 Å². The number of rotatable bonds is 2. The molecule has 5 rings (SSSR count). The molecule has 27 heavy (non-hydrogen) atoms. The molecule has 6 heteroatoms. The van der Waals surface area contributed by atoms with E-state index in [0.717, 1.165) is 39.0 Å². The van der Waals surface area contributed by atoms with Crippen molar-refractivity contribution < 1.29 is 9.79 Å². The lowest BCUT2D eigenvalue weighted by Crippen LogP contribution is -2.84. The summed E-state index contributed by atoms with van der Waals surface area (Å²) in [6, 6.07) is 18.1. The number of guanidine groups is 1. The number of fused-ring (bicyclic) bond motifs is 2. The molecule has 1 aliphatic carbocycles. The van der Waals surface area contributed by atoms with Gasteiger partial charge in [-0.1, -0.05) is 53.8 Å². The second-order valence-corrected chi connectivity index (χ2v) is 7.82. The van der Waals surface area contributed by atoms with Gasteiger partial charge >= 0.3 is 5.96 Å². The second kappa shape index (κ2) is 6.63. The summed E-state index contributed by atoms with van der Waals surface area (Å²) in [6.45, 7) is 0. The molecule has 2 aromatic carbocycles. The largest absolute Gasteiger partial charge is 0.355 e. The van der Waals surface area contributed by atoms with Crippen molar-refractivity contribution in [3.8, 4) is 0 Å². The van der Waals surface area contributed by atoms with Gasteiger partial charge in [0, 0.05) is 6.42 Å². The smallest absolute Gasteiger partial charge is 0.299 e. The molecule has 0 amide bonds. The highest BCUT2D eigenvalue weighted by Gasteiger charge is 2.41. The maximum absolute atomic E-state index is 12.6. The second-order valence-electron chi connectivity index (χ2n) is 6.79. The van der Waals surface area contributed by atoms with Gasteiger partial charge in [-0.15, -0.1) is 0 Å². The lowest BCUT2D eigenvalue weighted by Gasteiger charge is -2.30. The molecule has 3 aromatic rings. The van der Waals surface area contributed by atoms with Crippen LogP contribution in [-0.2, 0) is 4.79 Å². The van der Waals surface area contributed by atoms with E-state index in [1.54, 1.807) is 11.3 Å². The number of para-hydroxylation sites is 1. The number of ketones is 1. The van der Waals surface area contributed by atoms with Crippen molar-refractivity contribution in [2.24, 2.45) is 5.92 Å². The van der Waals surface area contributed by atoms with E-state index < -0.39 is 0 Å². The topological polar surface area (TPSA) is 68.0 Å². The first kappa shape index (κ1) is 16.2. The number of nitrogens with zero attached hydrogens (tertiary/aromatic N) is 1. The first-order valence-electron chi connectivity index (χ1n) is 9.09. The molecular formula is C21H19N4OS+. The Labute approximate surface area is 160 Å². The number of allylic oxidation sites excluding steroid dienone is 1. The summed E-state index contributed by atoms with van der Waals surface area (Å²) in [7, 11) is 0. The molecule has 2 aliphatic rings. The lowest BCUT2D eigenvalue weighted by molar-refractivity contribution is -0.522. The fourth-order valence-electron chi connectivity index (χ4n) is 3.78. The fourth-order valence-corrected chi connectivity index (χ4v) is 4.65. The Morgan fingerprint density at radius 3 is 2.78 bits per heavy atom. The average Bonchev–Trinajstić information content (AvgIpc) is 3.10. The molecule has 0 fully saturated rings. The molecule has 0 saturated carbocycles. The van der Waals surface area contributed by atoms with Crippen LogP contribution in [0, 0.1) is 5.92 Å². The molecule has 1 aromatic heterocycles. The minimum atomic E-state index is -0.179. The van der Waals surface area contributed by atoms with E-state index in [1.807, 2.05) is 36.4 Å². The summed E-state index contributed by atoms with van der Waals surface area (Å²) < 4.78 is 1.14. The van der Waals surface area contributed by atoms with Gasteiger partial charge in [-0.3, -0.25) is 9.79 Å². The molecule has 0 spiro atoms. The van der Waals surface area contributed by atoms with Crippen LogP contribution < -0.4 is 15.6 Å². The van der Waals surface area contributed by atoms with Crippen LogP contribution in [0.25, 0.3) is 10.2 Å². The minimum absolute atomic E-state index is 0.0941. The normalized spacial score (nSPS) is 21.9. The molecular weight excluding hydrogens is 356 g/mol. The number of Topliss-reactive ketones (excluding diaryl/α,β-unsaturated/α-hetero) is 1. The van der Waals surface area contributed by atoms with Gasteiger partial charge in [0.1, 0.15) is 17.7 Å². The van der Waals surface area contributed by atoms with E-state index in [4.69, 9.17) is 0 Å². The highest BCUT2D eigenvalue weighted by atomic mass is 32.1. The number of hydrogen-bond acceptors (Lipinski definition) is 5. The number of carbonyl (C=O) groups is 1. The van der Waals surface area contributed by atoms with Gasteiger partial charge in [0.2, 0.25) is 0 Å². The van der Waals surface area contributed by atoms with Crippen molar-refractivity contribution in [3.63, 3.8) is 0 Å². The van der Waals surface area contributed by atoms with Crippen LogP contribution in [0.15, 0.2) is 66.4 Å². The van der Waals surface area contributed by atoms with Gasteiger partial charge in [0.15, 0.2) is 0 Å². The highest BCUT2D eigenvalue weighted by Crippen LogP contribution is 2.31. The predicted molar refractivity (Wildman–Crippen MR) is 107 cm³/mol. The summed E-state index contributed by atoms with van der Waals surface area (Å²) in [5, 5.41) is 7.57. The van der Waals surface area contributed by atoms with Crippen LogP contribution in [0.3, 0.4) is 0 Å². The van der Waals surface area contributed by atoms with Crippen LogP contribution in [0.2, 0.25) is 0 Å². The monoisotopic (exact) mass is 375 g/mol. The Hall–Kier alpha value is -2.99. The van der Waals surface area contributed by atoms with E-state index in [-0.39, 0.29) is 17.7 Å². The van der Waals surface area contributed by atoms with Gasteiger partial charge in [-0.25, -0.2) is 15.6 Å². The van der Waals surface area contributed by atoms with Crippen LogP contribution in [0.5, 0.6) is 0 Å². The number of carbonyl (C=O) groups excluding carboxylic acids is 1. The van der Waals surface area contributed by atoms with Gasteiger partial charge in [-0.05, 0) is 30.2 Å². The van der Waals surface area contributed by atoms with Crippen LogP contribution in [-0.4, -0.2) is 16.7 Å². The maximum atomic E-state index is 12.6. The molecule has 0 saturated heterocycles. The van der Waals surface area contributed by atoms with E-state index in [1.165, 1.54) is 0 Å². The molecule has 2 atom stereocenters. The zero-order valence-corrected chi connectivity index (χ0v) is 15.4. The third-order valence-electron chi connectivity index (χ3n) is 5.02. The summed E-state index contributed by atoms with van der Waals surface area (Å²) in [5.41, 5.74) is 3.06. The van der Waals surface area contributed by atoms with E-state index in [2.05, 4.69) is 44.9 Å². The van der Waals surface area contributed by atoms with Crippen molar-refractivity contribution >= 4 is 38.4 Å². The Morgan fingerprint density at radius 2 is 1.93 bits per heavy atom. The quantitative estimate of drug-likeness (QED) is 0.643. The molecule has 2 heterocycles. The first-order chi connectivity index (χ1) is 13.3. The predicted octanol–water partition coefficient (Wildman–Crippen LogP) is 2.35. The maximum Gasteiger partial charge on any atom is 0.355 e. The van der Waals surface area contributed by atoms with E-state index in [0.29, 0.717) is 6.42 Å². The molecule has 3 N–H and O–H groups in total. The SMILES string of the molecule is O=C1CCC=C2NC(Nc3nc4ccccc4s3)=[NH+][C@@H](c3ccccc3)[C@H]12. The van der Waals surface area contributed by atoms with Crippen molar-refractivity contribution in [2.75, 3.05) is 5.32 Å². The number of nitrogens with one attached hydrogen (secondary N) is 3. The summed E-state index contributed by atoms with van der Waals surface area (Å²) in [6.07, 6.45) is 3.53. The van der Waals surface area contributed by atoms with Crippen molar-refractivity contribution in [1.82, 2.24) is 10.3 Å². The van der Waals surface area contributed by atoms with Gasteiger partial charge < -0.3 is 0 Å². The van der Waals surface area contributed by atoms with Crippen molar-refractivity contribution in [2.45, 2.75) is 18.9 Å². The third-order valence-corrected chi connectivity index (χ3v) is 5.98. The third kappa shape index (κ3) is 3.02. The van der Waals surface area contributed by atoms with E-state index >= 15 is 0 Å². The Bertz CT molecular complexity index is 1040. The van der Waals surface area contributed by atoms with Gasteiger partial charge in [0.05, 0.1) is 15.9 Å².